The third-order valence-corrected chi connectivity index (χ3v) is 3.85. The van der Waals surface area contributed by atoms with Gasteiger partial charge in [0.1, 0.15) is 0 Å². The number of aromatic amines is 1. The molecule has 2 aromatic rings. The first-order valence-corrected chi connectivity index (χ1v) is 7.02. The summed E-state index contributed by atoms with van der Waals surface area (Å²) >= 11 is 0. The van der Waals surface area contributed by atoms with Crippen LogP contribution < -0.4 is 16.2 Å². The lowest BCUT2D eigenvalue weighted by Crippen LogP contribution is -2.44. The highest BCUT2D eigenvalue weighted by Gasteiger charge is 2.16. The summed E-state index contributed by atoms with van der Waals surface area (Å²) in [5.41, 5.74) is 9.42. The highest BCUT2D eigenvalue weighted by molar-refractivity contribution is 5.75. The molecule has 1 aliphatic heterocycles. The summed E-state index contributed by atoms with van der Waals surface area (Å²) in [6.07, 6.45) is 0. The Morgan fingerprint density at radius 1 is 1.14 bits per heavy atom. The number of likely N-dealkylation sites (N-methyl/N-ethyl adjacent to an activating group) is 1. The second-order valence-electron chi connectivity index (χ2n) is 5.37. The Morgan fingerprint density at radius 2 is 1.90 bits per heavy atom. The molecule has 0 saturated carbocycles. The lowest BCUT2D eigenvalue weighted by molar-refractivity contribution is 0.313. The van der Waals surface area contributed by atoms with Crippen molar-refractivity contribution in [3.8, 4) is 11.3 Å². The zero-order valence-electron chi connectivity index (χ0n) is 12.0. The average molecular weight is 285 g/mol. The van der Waals surface area contributed by atoms with E-state index in [1.807, 2.05) is 18.2 Å². The third kappa shape index (κ3) is 2.90. The molecule has 1 aliphatic rings. The van der Waals surface area contributed by atoms with E-state index in [2.05, 4.69) is 27.0 Å². The van der Waals surface area contributed by atoms with Gasteiger partial charge < -0.3 is 15.5 Å². The summed E-state index contributed by atoms with van der Waals surface area (Å²) < 4.78 is 0. The fraction of sp³-hybridized carbons (Fsp3) is 0.333. The minimum absolute atomic E-state index is 0.208. The van der Waals surface area contributed by atoms with Crippen LogP contribution in [0.3, 0.4) is 0 Å². The van der Waals surface area contributed by atoms with Gasteiger partial charge in [0.2, 0.25) is 0 Å². The van der Waals surface area contributed by atoms with Crippen molar-refractivity contribution in [1.82, 2.24) is 15.1 Å². The summed E-state index contributed by atoms with van der Waals surface area (Å²) in [6, 6.07) is 9.10. The molecule has 0 unspecified atom stereocenters. The first-order valence-electron chi connectivity index (χ1n) is 7.02. The Balaban J connectivity index is 1.86. The van der Waals surface area contributed by atoms with Gasteiger partial charge in [-0.05, 0) is 25.2 Å². The number of hydrogen-bond acceptors (Lipinski definition) is 5. The number of benzene rings is 1. The van der Waals surface area contributed by atoms with Gasteiger partial charge in [0.15, 0.2) is 0 Å². The van der Waals surface area contributed by atoms with Crippen LogP contribution in [0.1, 0.15) is 0 Å². The van der Waals surface area contributed by atoms with Gasteiger partial charge in [-0.2, -0.15) is 5.10 Å². The van der Waals surface area contributed by atoms with E-state index in [0.29, 0.717) is 5.69 Å². The second-order valence-corrected chi connectivity index (χ2v) is 5.37. The van der Waals surface area contributed by atoms with Crippen molar-refractivity contribution in [2.45, 2.75) is 0 Å². The van der Waals surface area contributed by atoms with Gasteiger partial charge in [-0.25, -0.2) is 5.10 Å². The molecule has 1 aromatic carbocycles. The van der Waals surface area contributed by atoms with E-state index >= 15 is 0 Å². The van der Waals surface area contributed by atoms with Crippen molar-refractivity contribution in [3.63, 3.8) is 0 Å². The lowest BCUT2D eigenvalue weighted by Gasteiger charge is -2.34. The molecule has 0 atom stereocenters. The monoisotopic (exact) mass is 285 g/mol. The number of nitrogen functional groups attached to an aromatic ring is 1. The average Bonchev–Trinajstić information content (AvgIpc) is 2.49. The fourth-order valence-corrected chi connectivity index (χ4v) is 2.55. The Labute approximate surface area is 123 Å². The van der Waals surface area contributed by atoms with Crippen molar-refractivity contribution in [1.29, 1.82) is 0 Å². The van der Waals surface area contributed by atoms with E-state index in [9.17, 15) is 4.79 Å². The van der Waals surface area contributed by atoms with Crippen LogP contribution in [0, 0.1) is 0 Å². The molecule has 2 heterocycles. The molecular weight excluding hydrogens is 266 g/mol. The third-order valence-electron chi connectivity index (χ3n) is 3.85. The summed E-state index contributed by atoms with van der Waals surface area (Å²) in [6.45, 7) is 4.05. The minimum atomic E-state index is -0.208. The van der Waals surface area contributed by atoms with Crippen LogP contribution in [0.2, 0.25) is 0 Å². The topological polar surface area (TPSA) is 78.2 Å². The molecular formula is C15H19N5O. The lowest BCUT2D eigenvalue weighted by atomic mass is 10.1. The number of nitrogens with zero attached hydrogens (tertiary/aromatic N) is 3. The first kappa shape index (κ1) is 13.6. The van der Waals surface area contributed by atoms with Crippen molar-refractivity contribution in [3.05, 3.63) is 40.7 Å². The number of rotatable bonds is 2. The largest absolute Gasteiger partial charge is 0.397 e. The molecule has 0 amide bonds. The van der Waals surface area contributed by atoms with Gasteiger partial charge in [0.05, 0.1) is 17.1 Å². The number of aromatic nitrogens is 2. The van der Waals surface area contributed by atoms with E-state index in [1.54, 1.807) is 6.07 Å². The maximum absolute atomic E-state index is 11.1. The van der Waals surface area contributed by atoms with Gasteiger partial charge in [-0.1, -0.05) is 6.07 Å². The molecule has 21 heavy (non-hydrogen) atoms. The van der Waals surface area contributed by atoms with E-state index in [0.717, 1.165) is 43.1 Å². The maximum atomic E-state index is 11.1. The molecule has 6 heteroatoms. The maximum Gasteiger partial charge on any atom is 0.264 e. The minimum Gasteiger partial charge on any atom is -0.397 e. The van der Waals surface area contributed by atoms with Crippen molar-refractivity contribution >= 4 is 11.4 Å². The number of anilines is 2. The molecule has 1 aromatic heterocycles. The highest BCUT2D eigenvalue weighted by atomic mass is 16.1. The molecule has 6 nitrogen and oxygen atoms in total. The zero-order valence-corrected chi connectivity index (χ0v) is 12.0. The van der Waals surface area contributed by atoms with Gasteiger partial charge in [0, 0.05) is 37.8 Å². The fourth-order valence-electron chi connectivity index (χ4n) is 2.55. The van der Waals surface area contributed by atoms with E-state index in [-0.39, 0.29) is 5.56 Å². The molecule has 1 fully saturated rings. The Kier molecular flexibility index (Phi) is 3.62. The summed E-state index contributed by atoms with van der Waals surface area (Å²) in [4.78, 5) is 15.7. The normalized spacial score (nSPS) is 16.1. The SMILES string of the molecule is CN1CCN(c2ccc(-c3ccc(=O)[nH]n3)cc2N)CC1. The Hall–Kier alpha value is -2.34. The van der Waals surface area contributed by atoms with Crippen LogP contribution in [0.15, 0.2) is 35.1 Å². The Bertz CT molecular complexity index is 668. The molecule has 3 N–H and O–H groups in total. The van der Waals surface area contributed by atoms with Gasteiger partial charge >= 0.3 is 0 Å². The zero-order chi connectivity index (χ0) is 14.8. The molecule has 0 aliphatic carbocycles. The number of piperazine rings is 1. The van der Waals surface area contributed by atoms with Crippen molar-refractivity contribution in [2.75, 3.05) is 43.9 Å². The number of hydrogen-bond donors (Lipinski definition) is 2. The van der Waals surface area contributed by atoms with Crippen molar-refractivity contribution < 1.29 is 0 Å². The molecule has 0 spiro atoms. The molecule has 1 saturated heterocycles. The van der Waals surface area contributed by atoms with Gasteiger partial charge in [-0.3, -0.25) is 4.79 Å². The summed E-state index contributed by atoms with van der Waals surface area (Å²) in [5, 5.41) is 6.47. The van der Waals surface area contributed by atoms with E-state index in [4.69, 9.17) is 5.73 Å². The van der Waals surface area contributed by atoms with Crippen LogP contribution in [-0.2, 0) is 0 Å². The molecule has 3 rings (SSSR count). The van der Waals surface area contributed by atoms with Crippen LogP contribution in [0.5, 0.6) is 0 Å². The smallest absolute Gasteiger partial charge is 0.264 e. The molecule has 0 bridgehead atoms. The predicted molar refractivity (Wildman–Crippen MR) is 84.4 cm³/mol. The molecule has 0 radical (unpaired) electrons. The second kappa shape index (κ2) is 5.57. The first-order chi connectivity index (χ1) is 10.1. The molecule has 110 valence electrons. The number of H-pyrrole nitrogens is 1. The van der Waals surface area contributed by atoms with E-state index in [1.165, 1.54) is 6.07 Å². The van der Waals surface area contributed by atoms with Crippen LogP contribution in [0.4, 0.5) is 11.4 Å². The standard InChI is InChI=1S/C15H19N5O/c1-19-6-8-20(9-7-19)14-4-2-11(10-12(14)16)13-3-5-15(21)18-17-13/h2-5,10H,6-9,16H2,1H3,(H,18,21). The van der Waals surface area contributed by atoms with Gasteiger partial charge in [0.25, 0.3) is 5.56 Å². The Morgan fingerprint density at radius 3 is 2.52 bits per heavy atom. The number of nitrogens with one attached hydrogen (secondary N) is 1. The van der Waals surface area contributed by atoms with Crippen LogP contribution in [0.25, 0.3) is 11.3 Å². The summed E-state index contributed by atoms with van der Waals surface area (Å²) in [7, 11) is 2.13. The highest BCUT2D eigenvalue weighted by Crippen LogP contribution is 2.28. The predicted octanol–water partition coefficient (Wildman–Crippen LogP) is 0.771. The number of nitrogens with two attached hydrogens (primary N) is 1. The summed E-state index contributed by atoms with van der Waals surface area (Å²) in [5.74, 6) is 0. The van der Waals surface area contributed by atoms with E-state index < -0.39 is 0 Å². The van der Waals surface area contributed by atoms with Crippen LogP contribution >= 0.6 is 0 Å². The quantitative estimate of drug-likeness (QED) is 0.797. The van der Waals surface area contributed by atoms with Crippen molar-refractivity contribution in [2.24, 2.45) is 0 Å². The van der Waals surface area contributed by atoms with Gasteiger partial charge in [-0.15, -0.1) is 0 Å². The van der Waals surface area contributed by atoms with Crippen LogP contribution in [-0.4, -0.2) is 48.3 Å².